The molecule has 0 aromatic heterocycles. The highest BCUT2D eigenvalue weighted by Crippen LogP contribution is 2.29. The van der Waals surface area contributed by atoms with Crippen LogP contribution in [0.3, 0.4) is 0 Å². The van der Waals surface area contributed by atoms with Crippen LogP contribution in [0.15, 0.2) is 0 Å². The molecule has 0 saturated heterocycles. The molecule has 16 heavy (non-hydrogen) atoms. The van der Waals surface area contributed by atoms with Gasteiger partial charge in [0, 0.05) is 33.6 Å². The first-order chi connectivity index (χ1) is 7.50. The van der Waals surface area contributed by atoms with Crippen molar-refractivity contribution in [2.75, 3.05) is 27.2 Å². The number of nitrogens with zero attached hydrogens (tertiary/aromatic N) is 2. The smallest absolute Gasteiger partial charge is 0.319 e. The highest BCUT2D eigenvalue weighted by Gasteiger charge is 2.25. The van der Waals surface area contributed by atoms with Crippen molar-refractivity contribution in [2.24, 2.45) is 5.92 Å². The third kappa shape index (κ3) is 4.51. The molecule has 1 N–H and O–H groups in total. The molecule has 5 nitrogen and oxygen atoms in total. The third-order valence-electron chi connectivity index (χ3n) is 2.77. The molecule has 1 fully saturated rings. The standard InChI is InChI=1S/C11H20N2O3/c1-12(7-3-4-10(14)15)11(16)13(2)8-9-5-6-9/h9H,3-8H2,1-2H3,(H,14,15). The Bertz CT molecular complexity index is 264. The zero-order valence-electron chi connectivity index (χ0n) is 9.98. The summed E-state index contributed by atoms with van der Waals surface area (Å²) >= 11 is 0. The second-order valence-electron chi connectivity index (χ2n) is 4.53. The maximum absolute atomic E-state index is 11.8. The van der Waals surface area contributed by atoms with E-state index in [2.05, 4.69) is 0 Å². The van der Waals surface area contributed by atoms with E-state index in [1.54, 1.807) is 23.9 Å². The van der Waals surface area contributed by atoms with Gasteiger partial charge in [-0.1, -0.05) is 0 Å². The Labute approximate surface area is 96.0 Å². The summed E-state index contributed by atoms with van der Waals surface area (Å²) in [6.07, 6.45) is 3.07. The fourth-order valence-electron chi connectivity index (χ4n) is 1.62. The number of carbonyl (C=O) groups is 2. The van der Waals surface area contributed by atoms with E-state index in [9.17, 15) is 9.59 Å². The number of urea groups is 1. The molecule has 0 unspecified atom stereocenters. The second kappa shape index (κ2) is 5.72. The molecule has 0 spiro atoms. The molecule has 0 radical (unpaired) electrons. The number of carbonyl (C=O) groups excluding carboxylic acids is 1. The molecular formula is C11H20N2O3. The molecule has 1 aliphatic carbocycles. The molecule has 92 valence electrons. The Morgan fingerprint density at radius 3 is 2.38 bits per heavy atom. The first-order valence-corrected chi connectivity index (χ1v) is 5.68. The van der Waals surface area contributed by atoms with Gasteiger partial charge in [-0.15, -0.1) is 0 Å². The minimum absolute atomic E-state index is 0.0164. The van der Waals surface area contributed by atoms with E-state index in [1.807, 2.05) is 0 Å². The number of carboxylic acids is 1. The lowest BCUT2D eigenvalue weighted by molar-refractivity contribution is -0.137. The van der Waals surface area contributed by atoms with Crippen molar-refractivity contribution in [3.63, 3.8) is 0 Å². The summed E-state index contributed by atoms with van der Waals surface area (Å²) < 4.78 is 0. The van der Waals surface area contributed by atoms with E-state index >= 15 is 0 Å². The van der Waals surface area contributed by atoms with E-state index in [-0.39, 0.29) is 12.5 Å². The molecular weight excluding hydrogens is 208 g/mol. The van der Waals surface area contributed by atoms with Crippen LogP contribution in [0.2, 0.25) is 0 Å². The van der Waals surface area contributed by atoms with Crippen LogP contribution in [-0.2, 0) is 4.79 Å². The van der Waals surface area contributed by atoms with Gasteiger partial charge in [0.25, 0.3) is 0 Å². The van der Waals surface area contributed by atoms with Crippen LogP contribution in [0.1, 0.15) is 25.7 Å². The van der Waals surface area contributed by atoms with Gasteiger partial charge in [-0.05, 0) is 25.2 Å². The van der Waals surface area contributed by atoms with E-state index < -0.39 is 5.97 Å². The summed E-state index contributed by atoms with van der Waals surface area (Å²) in [6, 6.07) is -0.0164. The molecule has 1 saturated carbocycles. The van der Waals surface area contributed by atoms with Crippen molar-refractivity contribution in [1.29, 1.82) is 0 Å². The first-order valence-electron chi connectivity index (χ1n) is 5.68. The predicted molar refractivity (Wildman–Crippen MR) is 60.2 cm³/mol. The topological polar surface area (TPSA) is 60.9 Å². The van der Waals surface area contributed by atoms with Gasteiger partial charge in [0.1, 0.15) is 0 Å². The molecule has 0 atom stereocenters. The Hall–Kier alpha value is -1.26. The molecule has 1 rings (SSSR count). The summed E-state index contributed by atoms with van der Waals surface area (Å²) in [7, 11) is 3.52. The maximum atomic E-state index is 11.8. The van der Waals surface area contributed by atoms with Crippen molar-refractivity contribution in [1.82, 2.24) is 9.80 Å². The number of hydrogen-bond donors (Lipinski definition) is 1. The van der Waals surface area contributed by atoms with Gasteiger partial charge >= 0.3 is 12.0 Å². The summed E-state index contributed by atoms with van der Waals surface area (Å²) in [4.78, 5) is 25.4. The zero-order chi connectivity index (χ0) is 12.1. The van der Waals surface area contributed by atoms with Gasteiger partial charge in [-0.3, -0.25) is 4.79 Å². The average molecular weight is 228 g/mol. The van der Waals surface area contributed by atoms with Crippen LogP contribution in [-0.4, -0.2) is 54.1 Å². The van der Waals surface area contributed by atoms with Crippen molar-refractivity contribution in [3.05, 3.63) is 0 Å². The second-order valence-corrected chi connectivity index (χ2v) is 4.53. The highest BCUT2D eigenvalue weighted by molar-refractivity contribution is 5.74. The first kappa shape index (κ1) is 12.8. The van der Waals surface area contributed by atoms with Crippen LogP contribution in [0.5, 0.6) is 0 Å². The third-order valence-corrected chi connectivity index (χ3v) is 2.77. The highest BCUT2D eigenvalue weighted by atomic mass is 16.4. The quantitative estimate of drug-likeness (QED) is 0.744. The summed E-state index contributed by atoms with van der Waals surface area (Å²) in [5.41, 5.74) is 0. The van der Waals surface area contributed by atoms with Crippen molar-refractivity contribution < 1.29 is 14.7 Å². The Morgan fingerprint density at radius 2 is 1.88 bits per heavy atom. The summed E-state index contributed by atoms with van der Waals surface area (Å²) in [5, 5.41) is 8.49. The van der Waals surface area contributed by atoms with Crippen LogP contribution >= 0.6 is 0 Å². The molecule has 2 amide bonds. The van der Waals surface area contributed by atoms with Crippen molar-refractivity contribution in [2.45, 2.75) is 25.7 Å². The molecule has 0 heterocycles. The largest absolute Gasteiger partial charge is 0.481 e. The number of rotatable bonds is 6. The van der Waals surface area contributed by atoms with Gasteiger partial charge in [-0.25, -0.2) is 4.79 Å². The lowest BCUT2D eigenvalue weighted by Gasteiger charge is -2.24. The van der Waals surface area contributed by atoms with Crippen molar-refractivity contribution >= 4 is 12.0 Å². The minimum Gasteiger partial charge on any atom is -0.481 e. The lowest BCUT2D eigenvalue weighted by Crippen LogP contribution is -2.40. The zero-order valence-corrected chi connectivity index (χ0v) is 9.98. The van der Waals surface area contributed by atoms with Gasteiger partial charge in [0.15, 0.2) is 0 Å². The van der Waals surface area contributed by atoms with E-state index in [0.717, 1.165) is 6.54 Å². The SMILES string of the molecule is CN(CCCC(=O)O)C(=O)N(C)CC1CC1. The molecule has 0 bridgehead atoms. The molecule has 0 aliphatic heterocycles. The minimum atomic E-state index is -0.813. The van der Waals surface area contributed by atoms with Crippen LogP contribution in [0, 0.1) is 5.92 Å². The van der Waals surface area contributed by atoms with Gasteiger partial charge in [-0.2, -0.15) is 0 Å². The Balaban J connectivity index is 2.20. The number of hydrogen-bond acceptors (Lipinski definition) is 2. The van der Waals surface area contributed by atoms with Crippen LogP contribution < -0.4 is 0 Å². The van der Waals surface area contributed by atoms with E-state index in [1.165, 1.54) is 12.8 Å². The number of carboxylic acid groups (broad SMARTS) is 1. The summed E-state index contributed by atoms with van der Waals surface area (Å²) in [6.45, 7) is 1.32. The fourth-order valence-corrected chi connectivity index (χ4v) is 1.62. The number of aliphatic carboxylic acids is 1. The van der Waals surface area contributed by atoms with Gasteiger partial charge in [0.05, 0.1) is 0 Å². The fraction of sp³-hybridized carbons (Fsp3) is 0.818. The summed E-state index contributed by atoms with van der Waals surface area (Å²) in [5.74, 6) is -0.131. The van der Waals surface area contributed by atoms with Gasteiger partial charge < -0.3 is 14.9 Å². The van der Waals surface area contributed by atoms with Crippen molar-refractivity contribution in [3.8, 4) is 0 Å². The predicted octanol–water partition coefficient (Wildman–Crippen LogP) is 1.24. The Morgan fingerprint density at radius 1 is 1.25 bits per heavy atom. The Kier molecular flexibility index (Phi) is 4.58. The molecule has 5 heteroatoms. The average Bonchev–Trinajstić information content (AvgIpc) is 2.99. The molecule has 0 aromatic carbocycles. The van der Waals surface area contributed by atoms with E-state index in [0.29, 0.717) is 18.9 Å². The van der Waals surface area contributed by atoms with Crippen LogP contribution in [0.4, 0.5) is 4.79 Å². The van der Waals surface area contributed by atoms with E-state index in [4.69, 9.17) is 5.11 Å². The molecule has 1 aliphatic rings. The maximum Gasteiger partial charge on any atom is 0.319 e. The lowest BCUT2D eigenvalue weighted by atomic mass is 10.3. The normalized spacial score (nSPS) is 14.6. The molecule has 0 aromatic rings. The number of amides is 2. The monoisotopic (exact) mass is 228 g/mol. The van der Waals surface area contributed by atoms with Gasteiger partial charge in [0.2, 0.25) is 0 Å². The van der Waals surface area contributed by atoms with Crippen LogP contribution in [0.25, 0.3) is 0 Å².